The molecule has 2 aliphatic rings. The van der Waals surface area contributed by atoms with Crippen LogP contribution < -0.4 is 0 Å². The molecule has 0 aliphatic heterocycles. The van der Waals surface area contributed by atoms with Gasteiger partial charge < -0.3 is 0 Å². The van der Waals surface area contributed by atoms with Crippen LogP contribution in [0, 0.1) is 18.7 Å². The van der Waals surface area contributed by atoms with Crippen LogP contribution in [0.3, 0.4) is 0 Å². The van der Waals surface area contributed by atoms with Crippen molar-refractivity contribution < 1.29 is 7.24 Å². The van der Waals surface area contributed by atoms with Gasteiger partial charge in [0.25, 0.3) is 0 Å². The van der Waals surface area contributed by atoms with Gasteiger partial charge in [-0.05, 0) is 97.4 Å². The Labute approximate surface area is 202 Å². The minimum atomic E-state index is -0.0718. The molecule has 33 heavy (non-hydrogen) atoms. The van der Waals surface area contributed by atoms with Gasteiger partial charge in [0, 0.05) is 8.42 Å². The van der Waals surface area contributed by atoms with Crippen LogP contribution in [0.4, 0.5) is 4.39 Å². The second-order valence-corrected chi connectivity index (χ2v) is 10.8. The van der Waals surface area contributed by atoms with E-state index in [-0.39, 0.29) is 8.67 Å². The third-order valence-corrected chi connectivity index (χ3v) is 8.45. The summed E-state index contributed by atoms with van der Waals surface area (Å²) < 4.78 is 15.1. The van der Waals surface area contributed by atoms with E-state index in [1.54, 1.807) is 6.07 Å². The number of rotatable bonds is 4. The van der Waals surface area contributed by atoms with Gasteiger partial charge in [-0.15, -0.1) is 0 Å². The van der Waals surface area contributed by atoms with Crippen molar-refractivity contribution in [3.63, 3.8) is 0 Å². The lowest BCUT2D eigenvalue weighted by Crippen LogP contribution is -2.12. The summed E-state index contributed by atoms with van der Waals surface area (Å²) >= 11 is 0. The second-order valence-electron chi connectivity index (χ2n) is 10.8. The molecular weight excluding hydrogens is 403 g/mol. The van der Waals surface area contributed by atoms with Crippen molar-refractivity contribution in [2.75, 3.05) is 0 Å². The lowest BCUT2D eigenvalue weighted by molar-refractivity contribution is 0.347. The lowest BCUT2D eigenvalue weighted by atomic mass is 9.76. The average Bonchev–Trinajstić information content (AvgIpc) is 2.85. The summed E-state index contributed by atoms with van der Waals surface area (Å²) in [7, 11) is 0. The molecule has 1 heteroatoms. The van der Waals surface area contributed by atoms with E-state index < -0.39 is 0 Å². The normalized spacial score (nSPS) is 25.7. The highest BCUT2D eigenvalue weighted by atomic mass is 19.1. The molecule has 0 aromatic heterocycles. The Balaban J connectivity index is 0.00000171. The van der Waals surface area contributed by atoms with Crippen LogP contribution in [-0.4, -0.2) is 0 Å². The first-order valence-corrected chi connectivity index (χ1v) is 13.0. The maximum Gasteiger partial charge on any atom is 0.131 e. The number of hydrogen-bond acceptors (Lipinski definition) is 0. The highest BCUT2D eigenvalue weighted by Crippen LogP contribution is 2.41. The van der Waals surface area contributed by atoms with Crippen LogP contribution in [0.1, 0.15) is 101 Å². The SMILES string of the molecule is Cc1ccc(C2CCC(c3ccc(-c4ccc(C5CCC(C)CC5)cc4F)cc3)CC2)cc1.[HH].[HH]. The molecule has 5 rings (SSSR count). The molecular formula is C32H41F. The van der Waals surface area contributed by atoms with Crippen LogP contribution in [0.15, 0.2) is 66.7 Å². The Kier molecular flexibility index (Phi) is 6.67. The Morgan fingerprint density at radius 3 is 1.61 bits per heavy atom. The first-order valence-electron chi connectivity index (χ1n) is 13.0. The molecule has 0 saturated heterocycles. The van der Waals surface area contributed by atoms with Crippen molar-refractivity contribution in [2.45, 2.75) is 83.0 Å². The highest BCUT2D eigenvalue weighted by Gasteiger charge is 2.24. The van der Waals surface area contributed by atoms with E-state index in [1.807, 2.05) is 6.07 Å². The molecule has 0 unspecified atom stereocenters. The summed E-state index contributed by atoms with van der Waals surface area (Å²) in [5.74, 6) is 2.60. The van der Waals surface area contributed by atoms with Crippen LogP contribution in [0.2, 0.25) is 0 Å². The molecule has 0 nitrogen and oxygen atoms in total. The molecule has 0 spiro atoms. The average molecular weight is 445 g/mol. The third-order valence-electron chi connectivity index (χ3n) is 8.45. The summed E-state index contributed by atoms with van der Waals surface area (Å²) in [6.45, 7) is 4.49. The van der Waals surface area contributed by atoms with Crippen LogP contribution in [0.5, 0.6) is 0 Å². The molecule has 3 aromatic carbocycles. The van der Waals surface area contributed by atoms with E-state index in [0.29, 0.717) is 17.8 Å². The van der Waals surface area contributed by atoms with Crippen LogP contribution in [-0.2, 0) is 0 Å². The number of benzene rings is 3. The van der Waals surface area contributed by atoms with Gasteiger partial charge in [-0.25, -0.2) is 4.39 Å². The largest absolute Gasteiger partial charge is 0.206 e. The minimum absolute atomic E-state index is 0. The lowest BCUT2D eigenvalue weighted by Gasteiger charge is -2.29. The summed E-state index contributed by atoms with van der Waals surface area (Å²) in [5, 5.41) is 0. The number of aryl methyl sites for hydroxylation is 1. The summed E-state index contributed by atoms with van der Waals surface area (Å²) in [5.41, 5.74) is 7.16. The second kappa shape index (κ2) is 9.84. The van der Waals surface area contributed by atoms with E-state index in [0.717, 1.165) is 17.0 Å². The predicted molar refractivity (Wildman–Crippen MR) is 142 cm³/mol. The molecule has 0 N–H and O–H groups in total. The van der Waals surface area contributed by atoms with Crippen molar-refractivity contribution in [1.82, 2.24) is 0 Å². The van der Waals surface area contributed by atoms with Gasteiger partial charge in [0.2, 0.25) is 0 Å². The molecule has 2 saturated carbocycles. The fraction of sp³-hybridized carbons (Fsp3) is 0.438. The van der Waals surface area contributed by atoms with Crippen molar-refractivity contribution >= 4 is 0 Å². The molecule has 0 atom stereocenters. The summed E-state index contributed by atoms with van der Waals surface area (Å²) in [4.78, 5) is 0. The summed E-state index contributed by atoms with van der Waals surface area (Å²) in [6, 6.07) is 23.8. The third kappa shape index (κ3) is 5.08. The smallest absolute Gasteiger partial charge is 0.131 e. The number of hydrogen-bond donors (Lipinski definition) is 0. The van der Waals surface area contributed by atoms with Gasteiger partial charge in [0.1, 0.15) is 5.82 Å². The van der Waals surface area contributed by atoms with Crippen molar-refractivity contribution in [1.29, 1.82) is 0 Å². The number of halogens is 1. The van der Waals surface area contributed by atoms with Crippen molar-refractivity contribution in [2.24, 2.45) is 5.92 Å². The Hall–Kier alpha value is -2.41. The molecule has 0 radical (unpaired) electrons. The molecule has 2 aliphatic carbocycles. The van der Waals surface area contributed by atoms with Crippen LogP contribution in [0.25, 0.3) is 11.1 Å². The fourth-order valence-electron chi connectivity index (χ4n) is 6.15. The molecule has 0 amide bonds. The fourth-order valence-corrected chi connectivity index (χ4v) is 6.15. The van der Waals surface area contributed by atoms with Gasteiger partial charge in [0.05, 0.1) is 0 Å². The van der Waals surface area contributed by atoms with E-state index >= 15 is 4.39 Å². The molecule has 176 valence electrons. The van der Waals surface area contributed by atoms with Gasteiger partial charge in [-0.3, -0.25) is 0 Å². The highest BCUT2D eigenvalue weighted by molar-refractivity contribution is 5.65. The van der Waals surface area contributed by atoms with Crippen LogP contribution >= 0.6 is 0 Å². The van der Waals surface area contributed by atoms with Gasteiger partial charge >= 0.3 is 0 Å². The Morgan fingerprint density at radius 2 is 1.06 bits per heavy atom. The zero-order chi connectivity index (χ0) is 22.8. The van der Waals surface area contributed by atoms with E-state index in [1.165, 1.54) is 73.6 Å². The quantitative estimate of drug-likeness (QED) is 0.375. The maximum atomic E-state index is 15.1. The van der Waals surface area contributed by atoms with Gasteiger partial charge in [-0.2, -0.15) is 0 Å². The molecule has 0 heterocycles. The monoisotopic (exact) mass is 444 g/mol. The summed E-state index contributed by atoms with van der Waals surface area (Å²) in [6.07, 6.45) is 9.91. The van der Waals surface area contributed by atoms with Gasteiger partial charge in [0.15, 0.2) is 0 Å². The standard InChI is InChI=1S/C32H37F.2H2/c1-22-3-7-24(8-4-22)25-11-13-26(14-12-25)27-15-17-29(18-16-27)31-20-19-30(21-32(31)33)28-9-5-23(2)6-10-28;;/h3-4,7-8,15-21,23,25-26,28H,5-6,9-14H2,1-2H3;2*1H. The molecule has 0 bridgehead atoms. The van der Waals surface area contributed by atoms with Gasteiger partial charge in [-0.1, -0.05) is 86.0 Å². The first kappa shape index (κ1) is 22.4. The van der Waals surface area contributed by atoms with Crippen molar-refractivity contribution in [3.8, 4) is 11.1 Å². The van der Waals surface area contributed by atoms with E-state index in [4.69, 9.17) is 0 Å². The van der Waals surface area contributed by atoms with E-state index in [9.17, 15) is 0 Å². The predicted octanol–water partition coefficient (Wildman–Crippen LogP) is 10.0. The van der Waals surface area contributed by atoms with E-state index in [2.05, 4.69) is 68.4 Å². The zero-order valence-corrected chi connectivity index (χ0v) is 20.2. The molecule has 2 fully saturated rings. The maximum absolute atomic E-state index is 15.1. The first-order chi connectivity index (χ1) is 16.1. The zero-order valence-electron chi connectivity index (χ0n) is 20.2. The van der Waals surface area contributed by atoms with Crippen molar-refractivity contribution in [3.05, 3.63) is 94.8 Å². The topological polar surface area (TPSA) is 0 Å². The minimum Gasteiger partial charge on any atom is -0.206 e. The Morgan fingerprint density at radius 1 is 0.606 bits per heavy atom. The Bertz CT molecular complexity index is 1060. The molecule has 3 aromatic rings.